The molecule has 4 rings (SSSR count). The van der Waals surface area contributed by atoms with Gasteiger partial charge in [0.25, 0.3) is 5.91 Å². The van der Waals surface area contributed by atoms with Gasteiger partial charge in [-0.05, 0) is 55.2 Å². The van der Waals surface area contributed by atoms with Crippen molar-refractivity contribution in [3.8, 4) is 0 Å². The van der Waals surface area contributed by atoms with E-state index in [0.29, 0.717) is 16.0 Å². The standard InChI is InChI=1S/C18H22ClN3O2/c19-14-2-1-13(16-12(14)3-8-20-16)17(24)21-11-15(23)22-9-6-18(4-5-18)7-10-22/h1-2,20H,3-11H2,(H,21,24). The highest BCUT2D eigenvalue weighted by Crippen LogP contribution is 2.53. The van der Waals surface area contributed by atoms with Crippen molar-refractivity contribution in [1.29, 1.82) is 0 Å². The van der Waals surface area contributed by atoms with Crippen LogP contribution in [0.4, 0.5) is 5.69 Å². The van der Waals surface area contributed by atoms with Crippen molar-refractivity contribution in [2.24, 2.45) is 5.41 Å². The number of amides is 2. The summed E-state index contributed by atoms with van der Waals surface area (Å²) in [6, 6.07) is 3.47. The lowest BCUT2D eigenvalue weighted by atomic mass is 9.94. The number of likely N-dealkylation sites (tertiary alicyclic amines) is 1. The van der Waals surface area contributed by atoms with E-state index in [9.17, 15) is 9.59 Å². The molecule has 2 fully saturated rings. The average molecular weight is 348 g/mol. The predicted molar refractivity (Wildman–Crippen MR) is 93.5 cm³/mol. The van der Waals surface area contributed by atoms with Gasteiger partial charge >= 0.3 is 0 Å². The molecule has 2 aliphatic heterocycles. The minimum absolute atomic E-state index is 0.0115. The second kappa shape index (κ2) is 5.96. The summed E-state index contributed by atoms with van der Waals surface area (Å²) in [7, 11) is 0. The van der Waals surface area contributed by atoms with Gasteiger partial charge in [-0.3, -0.25) is 9.59 Å². The van der Waals surface area contributed by atoms with Gasteiger partial charge in [0.1, 0.15) is 0 Å². The fourth-order valence-corrected chi connectivity index (χ4v) is 4.09. The molecule has 24 heavy (non-hydrogen) atoms. The summed E-state index contributed by atoms with van der Waals surface area (Å²) in [5.74, 6) is -0.209. The number of carbonyl (C=O) groups is 2. The van der Waals surface area contributed by atoms with E-state index in [-0.39, 0.29) is 18.4 Å². The van der Waals surface area contributed by atoms with Crippen LogP contribution in [-0.4, -0.2) is 42.9 Å². The Labute approximate surface area is 146 Å². The van der Waals surface area contributed by atoms with Gasteiger partial charge < -0.3 is 15.5 Å². The first kappa shape index (κ1) is 15.8. The fourth-order valence-electron chi connectivity index (χ4n) is 3.84. The van der Waals surface area contributed by atoms with Crippen LogP contribution in [0.1, 0.15) is 41.6 Å². The van der Waals surface area contributed by atoms with Crippen LogP contribution in [0, 0.1) is 5.41 Å². The Bertz CT molecular complexity index is 690. The Morgan fingerprint density at radius 2 is 1.96 bits per heavy atom. The smallest absolute Gasteiger partial charge is 0.253 e. The van der Waals surface area contributed by atoms with E-state index in [1.165, 1.54) is 12.8 Å². The molecule has 2 amide bonds. The van der Waals surface area contributed by atoms with Crippen LogP contribution in [0.5, 0.6) is 0 Å². The zero-order chi connectivity index (χ0) is 16.7. The van der Waals surface area contributed by atoms with E-state index in [0.717, 1.165) is 50.1 Å². The number of nitrogens with zero attached hydrogens (tertiary/aromatic N) is 1. The number of hydrogen-bond acceptors (Lipinski definition) is 3. The summed E-state index contributed by atoms with van der Waals surface area (Å²) in [5, 5.41) is 6.67. The zero-order valence-corrected chi connectivity index (χ0v) is 14.4. The lowest BCUT2D eigenvalue weighted by Crippen LogP contribution is -2.44. The SMILES string of the molecule is O=C(NCC(=O)N1CCC2(CC1)CC2)c1ccc(Cl)c2c1NCC2. The second-order valence-corrected chi connectivity index (χ2v) is 7.60. The van der Waals surface area contributed by atoms with Crippen molar-refractivity contribution in [2.45, 2.75) is 32.1 Å². The van der Waals surface area contributed by atoms with Crippen LogP contribution < -0.4 is 10.6 Å². The number of hydrogen-bond donors (Lipinski definition) is 2. The summed E-state index contributed by atoms with van der Waals surface area (Å²) in [6.45, 7) is 2.50. The Morgan fingerprint density at radius 3 is 2.67 bits per heavy atom. The van der Waals surface area contributed by atoms with E-state index in [2.05, 4.69) is 10.6 Å². The van der Waals surface area contributed by atoms with Crippen LogP contribution in [0.3, 0.4) is 0 Å². The summed E-state index contributed by atoms with van der Waals surface area (Å²) < 4.78 is 0. The lowest BCUT2D eigenvalue weighted by molar-refractivity contribution is -0.131. The first-order valence-electron chi connectivity index (χ1n) is 8.69. The van der Waals surface area contributed by atoms with Gasteiger partial charge in [-0.2, -0.15) is 0 Å². The van der Waals surface area contributed by atoms with Crippen LogP contribution >= 0.6 is 11.6 Å². The molecule has 1 aromatic carbocycles. The molecule has 128 valence electrons. The third-order valence-corrected chi connectivity index (χ3v) is 6.07. The Balaban J connectivity index is 1.35. The molecule has 0 radical (unpaired) electrons. The monoisotopic (exact) mass is 347 g/mol. The minimum atomic E-state index is -0.221. The number of halogens is 1. The zero-order valence-electron chi connectivity index (χ0n) is 13.7. The Hall–Kier alpha value is -1.75. The Kier molecular flexibility index (Phi) is 3.91. The molecule has 0 unspecified atom stereocenters. The van der Waals surface area contributed by atoms with Gasteiger partial charge in [-0.15, -0.1) is 0 Å². The average Bonchev–Trinajstić information content (AvgIpc) is 3.14. The molecular weight excluding hydrogens is 326 g/mol. The predicted octanol–water partition coefficient (Wildman–Crippen LogP) is 2.44. The normalized spacial score (nSPS) is 20.5. The molecule has 1 aliphatic carbocycles. The molecule has 6 heteroatoms. The molecule has 1 aromatic rings. The highest BCUT2D eigenvalue weighted by Gasteiger charge is 2.45. The first-order valence-corrected chi connectivity index (χ1v) is 9.07. The Morgan fingerprint density at radius 1 is 1.21 bits per heavy atom. The van der Waals surface area contributed by atoms with Crippen molar-refractivity contribution >= 4 is 29.1 Å². The van der Waals surface area contributed by atoms with Crippen LogP contribution in [0.25, 0.3) is 0 Å². The summed E-state index contributed by atoms with van der Waals surface area (Å²) >= 11 is 6.17. The number of benzene rings is 1. The number of rotatable bonds is 3. The van der Waals surface area contributed by atoms with E-state index < -0.39 is 0 Å². The van der Waals surface area contributed by atoms with Gasteiger partial charge in [0.15, 0.2) is 0 Å². The van der Waals surface area contributed by atoms with E-state index in [1.54, 1.807) is 12.1 Å². The number of carbonyl (C=O) groups excluding carboxylic acids is 2. The molecule has 2 heterocycles. The van der Waals surface area contributed by atoms with Crippen molar-refractivity contribution in [3.63, 3.8) is 0 Å². The fraction of sp³-hybridized carbons (Fsp3) is 0.556. The van der Waals surface area contributed by atoms with Gasteiger partial charge in [-0.25, -0.2) is 0 Å². The van der Waals surface area contributed by atoms with Crippen LogP contribution in [-0.2, 0) is 11.2 Å². The quantitative estimate of drug-likeness (QED) is 0.882. The molecule has 2 N–H and O–H groups in total. The van der Waals surface area contributed by atoms with Crippen LogP contribution in [0.15, 0.2) is 12.1 Å². The molecule has 3 aliphatic rings. The number of piperidine rings is 1. The lowest BCUT2D eigenvalue weighted by Gasteiger charge is -2.32. The number of nitrogens with one attached hydrogen (secondary N) is 2. The highest BCUT2D eigenvalue weighted by atomic mass is 35.5. The molecule has 1 saturated carbocycles. The molecular formula is C18H22ClN3O2. The number of fused-ring (bicyclic) bond motifs is 1. The molecule has 1 spiro atoms. The van der Waals surface area contributed by atoms with Crippen molar-refractivity contribution < 1.29 is 9.59 Å². The van der Waals surface area contributed by atoms with E-state index in [1.807, 2.05) is 4.90 Å². The summed E-state index contributed by atoms with van der Waals surface area (Å²) in [6.07, 6.45) is 5.69. The van der Waals surface area contributed by atoms with Crippen molar-refractivity contribution in [3.05, 3.63) is 28.3 Å². The van der Waals surface area contributed by atoms with E-state index >= 15 is 0 Å². The molecule has 0 atom stereocenters. The van der Waals surface area contributed by atoms with Crippen LogP contribution in [0.2, 0.25) is 5.02 Å². The summed E-state index contributed by atoms with van der Waals surface area (Å²) in [4.78, 5) is 26.7. The van der Waals surface area contributed by atoms with Gasteiger partial charge in [-0.1, -0.05) is 11.6 Å². The molecule has 1 saturated heterocycles. The third-order valence-electron chi connectivity index (χ3n) is 5.71. The number of anilines is 1. The maximum atomic E-state index is 12.5. The maximum Gasteiger partial charge on any atom is 0.253 e. The highest BCUT2D eigenvalue weighted by molar-refractivity contribution is 6.32. The van der Waals surface area contributed by atoms with Crippen molar-refractivity contribution in [1.82, 2.24) is 10.2 Å². The summed E-state index contributed by atoms with van der Waals surface area (Å²) in [5.41, 5.74) is 2.91. The van der Waals surface area contributed by atoms with Gasteiger partial charge in [0.05, 0.1) is 17.8 Å². The van der Waals surface area contributed by atoms with Gasteiger partial charge in [0.2, 0.25) is 5.91 Å². The van der Waals surface area contributed by atoms with Crippen molar-refractivity contribution in [2.75, 3.05) is 31.5 Å². The maximum absolute atomic E-state index is 12.5. The van der Waals surface area contributed by atoms with E-state index in [4.69, 9.17) is 11.6 Å². The third kappa shape index (κ3) is 2.86. The minimum Gasteiger partial charge on any atom is -0.384 e. The van der Waals surface area contributed by atoms with Gasteiger partial charge in [0, 0.05) is 24.7 Å². The second-order valence-electron chi connectivity index (χ2n) is 7.19. The first-order chi connectivity index (χ1) is 11.6. The largest absolute Gasteiger partial charge is 0.384 e. The molecule has 0 bridgehead atoms. The topological polar surface area (TPSA) is 61.4 Å². The molecule has 5 nitrogen and oxygen atoms in total. The molecule has 0 aromatic heterocycles.